The molecule has 2 rings (SSSR count). The lowest BCUT2D eigenvalue weighted by molar-refractivity contribution is -0.123. The number of carbonyl (C=O) groups excluding carboxylic acids is 1. The van der Waals surface area contributed by atoms with Crippen LogP contribution in [0, 0.1) is 5.82 Å². The first-order valence-electron chi connectivity index (χ1n) is 7.63. The van der Waals surface area contributed by atoms with Crippen LogP contribution >= 0.6 is 23.2 Å². The van der Waals surface area contributed by atoms with Gasteiger partial charge < -0.3 is 15.0 Å². The minimum atomic E-state index is -0.307. The third kappa shape index (κ3) is 5.88. The molecule has 1 unspecified atom stereocenters. The maximum Gasteiger partial charge on any atom is 0.258 e. The second-order valence-electron chi connectivity index (χ2n) is 5.70. The van der Waals surface area contributed by atoms with Crippen LogP contribution in [0.1, 0.15) is 11.6 Å². The summed E-state index contributed by atoms with van der Waals surface area (Å²) in [5, 5.41) is 3.57. The Balaban J connectivity index is 1.89. The zero-order valence-electron chi connectivity index (χ0n) is 13.9. The lowest BCUT2D eigenvalue weighted by Gasteiger charge is -2.25. The molecule has 0 aliphatic rings. The topological polar surface area (TPSA) is 41.6 Å². The minimum absolute atomic E-state index is 0.148. The van der Waals surface area contributed by atoms with Gasteiger partial charge in [-0.1, -0.05) is 35.3 Å². The summed E-state index contributed by atoms with van der Waals surface area (Å²) in [6.45, 7) is 0.182. The van der Waals surface area contributed by atoms with Gasteiger partial charge in [0.25, 0.3) is 5.91 Å². The van der Waals surface area contributed by atoms with Crippen LogP contribution in [0.15, 0.2) is 42.5 Å². The first-order valence-corrected chi connectivity index (χ1v) is 8.39. The highest BCUT2D eigenvalue weighted by Crippen LogP contribution is 2.26. The monoisotopic (exact) mass is 384 g/mol. The van der Waals surface area contributed by atoms with E-state index in [-0.39, 0.29) is 24.4 Å². The summed E-state index contributed by atoms with van der Waals surface area (Å²) < 4.78 is 18.8. The zero-order valence-corrected chi connectivity index (χ0v) is 15.4. The molecule has 0 bridgehead atoms. The van der Waals surface area contributed by atoms with E-state index in [4.69, 9.17) is 27.9 Å². The van der Waals surface area contributed by atoms with Gasteiger partial charge in [0.1, 0.15) is 11.6 Å². The van der Waals surface area contributed by atoms with E-state index in [1.165, 1.54) is 12.1 Å². The van der Waals surface area contributed by atoms with E-state index in [1.54, 1.807) is 24.3 Å². The van der Waals surface area contributed by atoms with Crippen molar-refractivity contribution in [1.82, 2.24) is 10.2 Å². The summed E-state index contributed by atoms with van der Waals surface area (Å²) in [6.07, 6.45) is 0. The Morgan fingerprint density at radius 2 is 1.96 bits per heavy atom. The van der Waals surface area contributed by atoms with E-state index in [9.17, 15) is 9.18 Å². The molecule has 0 heterocycles. The van der Waals surface area contributed by atoms with Crippen molar-refractivity contribution >= 4 is 29.1 Å². The smallest absolute Gasteiger partial charge is 0.258 e. The van der Waals surface area contributed by atoms with Crippen LogP contribution in [0.25, 0.3) is 0 Å². The van der Waals surface area contributed by atoms with Crippen molar-refractivity contribution in [2.75, 3.05) is 27.2 Å². The van der Waals surface area contributed by atoms with Gasteiger partial charge in [-0.25, -0.2) is 4.39 Å². The Morgan fingerprint density at radius 3 is 2.60 bits per heavy atom. The quantitative estimate of drug-likeness (QED) is 0.785. The number of likely N-dealkylation sites (N-methyl/N-ethyl adjacent to an activating group) is 1. The predicted octanol–water partition coefficient (Wildman–Crippen LogP) is 3.93. The van der Waals surface area contributed by atoms with E-state index in [2.05, 4.69) is 5.32 Å². The van der Waals surface area contributed by atoms with Crippen LogP contribution in [0.4, 0.5) is 4.39 Å². The van der Waals surface area contributed by atoms with Gasteiger partial charge in [-0.15, -0.1) is 0 Å². The number of hydrogen-bond acceptors (Lipinski definition) is 3. The van der Waals surface area contributed by atoms with Crippen LogP contribution in [0.2, 0.25) is 10.0 Å². The van der Waals surface area contributed by atoms with Crippen LogP contribution in [0.3, 0.4) is 0 Å². The molecule has 134 valence electrons. The Bertz CT molecular complexity index is 741. The van der Waals surface area contributed by atoms with Gasteiger partial charge in [0, 0.05) is 12.6 Å². The first-order chi connectivity index (χ1) is 11.9. The molecule has 0 aliphatic heterocycles. The average molecular weight is 385 g/mol. The minimum Gasteiger partial charge on any atom is -0.484 e. The highest BCUT2D eigenvalue weighted by atomic mass is 35.5. The van der Waals surface area contributed by atoms with Gasteiger partial charge in [0.05, 0.1) is 16.1 Å². The summed E-state index contributed by atoms with van der Waals surface area (Å²) in [5.41, 5.74) is 0.788. The van der Waals surface area contributed by atoms with Crippen LogP contribution in [0.5, 0.6) is 5.75 Å². The van der Waals surface area contributed by atoms with E-state index < -0.39 is 0 Å². The van der Waals surface area contributed by atoms with Crippen LogP contribution in [-0.2, 0) is 4.79 Å². The van der Waals surface area contributed by atoms with Crippen molar-refractivity contribution in [3.05, 3.63) is 63.9 Å². The van der Waals surface area contributed by atoms with Gasteiger partial charge >= 0.3 is 0 Å². The molecule has 0 fully saturated rings. The molecule has 2 aromatic rings. The Kier molecular flexibility index (Phi) is 7.05. The maximum atomic E-state index is 13.4. The third-order valence-electron chi connectivity index (χ3n) is 3.61. The molecule has 0 aliphatic carbocycles. The second-order valence-corrected chi connectivity index (χ2v) is 6.52. The highest BCUT2D eigenvalue weighted by molar-refractivity contribution is 6.42. The van der Waals surface area contributed by atoms with Gasteiger partial charge in [-0.3, -0.25) is 4.79 Å². The van der Waals surface area contributed by atoms with Crippen molar-refractivity contribution in [3.63, 3.8) is 0 Å². The normalized spacial score (nSPS) is 12.1. The molecule has 1 atom stereocenters. The summed E-state index contributed by atoms with van der Waals surface area (Å²) >= 11 is 11.7. The molecule has 25 heavy (non-hydrogen) atoms. The van der Waals surface area contributed by atoms with Crippen LogP contribution < -0.4 is 10.1 Å². The van der Waals surface area contributed by atoms with E-state index in [0.717, 1.165) is 5.56 Å². The fraction of sp³-hybridized carbons (Fsp3) is 0.278. The number of rotatable bonds is 7. The molecule has 4 nitrogen and oxygen atoms in total. The molecule has 1 amide bonds. The number of amides is 1. The van der Waals surface area contributed by atoms with Crippen molar-refractivity contribution in [2.45, 2.75) is 6.04 Å². The summed E-state index contributed by atoms with van der Waals surface area (Å²) in [5.74, 6) is -0.133. The Morgan fingerprint density at radius 1 is 1.20 bits per heavy atom. The zero-order chi connectivity index (χ0) is 18.4. The molecule has 0 spiro atoms. The number of carbonyl (C=O) groups is 1. The molecule has 0 saturated heterocycles. The maximum absolute atomic E-state index is 13.4. The Labute approximate surface area is 156 Å². The van der Waals surface area contributed by atoms with E-state index in [1.807, 2.05) is 25.1 Å². The highest BCUT2D eigenvalue weighted by Gasteiger charge is 2.16. The SMILES string of the molecule is CN(C)C(CNC(=O)COc1ccc(Cl)c(Cl)c1)c1cccc(F)c1. The number of nitrogens with one attached hydrogen (secondary N) is 1. The predicted molar refractivity (Wildman–Crippen MR) is 97.8 cm³/mol. The van der Waals surface area contributed by atoms with Crippen molar-refractivity contribution < 1.29 is 13.9 Å². The fourth-order valence-corrected chi connectivity index (χ4v) is 2.58. The molecule has 0 radical (unpaired) electrons. The number of hydrogen-bond donors (Lipinski definition) is 1. The lowest BCUT2D eigenvalue weighted by Crippen LogP contribution is -2.36. The van der Waals surface area contributed by atoms with Gasteiger partial charge in [-0.2, -0.15) is 0 Å². The van der Waals surface area contributed by atoms with Crippen molar-refractivity contribution in [3.8, 4) is 5.75 Å². The molecule has 0 saturated carbocycles. The molecular formula is C18H19Cl2FN2O2. The van der Waals surface area contributed by atoms with Gasteiger partial charge in [0.15, 0.2) is 6.61 Å². The summed E-state index contributed by atoms with van der Waals surface area (Å²) in [7, 11) is 3.74. The largest absolute Gasteiger partial charge is 0.484 e. The number of ether oxygens (including phenoxy) is 1. The first kappa shape index (κ1) is 19.5. The third-order valence-corrected chi connectivity index (χ3v) is 4.35. The van der Waals surface area contributed by atoms with E-state index >= 15 is 0 Å². The summed E-state index contributed by atoms with van der Waals surface area (Å²) in [4.78, 5) is 13.9. The lowest BCUT2D eigenvalue weighted by atomic mass is 10.1. The van der Waals surface area contributed by atoms with Crippen molar-refractivity contribution in [2.24, 2.45) is 0 Å². The molecule has 2 aromatic carbocycles. The molecule has 1 N–H and O–H groups in total. The van der Waals surface area contributed by atoms with Crippen molar-refractivity contribution in [1.29, 1.82) is 0 Å². The Hall–Kier alpha value is -1.82. The molecular weight excluding hydrogens is 366 g/mol. The average Bonchev–Trinajstić information content (AvgIpc) is 2.56. The number of nitrogens with zero attached hydrogens (tertiary/aromatic N) is 1. The fourth-order valence-electron chi connectivity index (χ4n) is 2.29. The molecule has 7 heteroatoms. The number of halogens is 3. The van der Waals surface area contributed by atoms with E-state index in [0.29, 0.717) is 22.3 Å². The van der Waals surface area contributed by atoms with Crippen LogP contribution in [-0.4, -0.2) is 38.1 Å². The number of benzene rings is 2. The van der Waals surface area contributed by atoms with Gasteiger partial charge in [0.2, 0.25) is 0 Å². The second kappa shape index (κ2) is 9.04. The standard InChI is InChI=1S/C18H19Cl2FN2O2/c1-23(2)17(12-4-3-5-13(21)8-12)10-22-18(24)11-25-14-6-7-15(19)16(20)9-14/h3-9,17H,10-11H2,1-2H3,(H,22,24). The molecule has 0 aromatic heterocycles. The summed E-state index contributed by atoms with van der Waals surface area (Å²) in [6, 6.07) is 11.0. The van der Waals surface area contributed by atoms with Gasteiger partial charge in [-0.05, 0) is 43.9 Å².